The Morgan fingerprint density at radius 2 is 2.41 bits per heavy atom. The number of rotatable bonds is 2. The molecule has 2 atom stereocenters. The maximum Gasteiger partial charge on any atom is 0.229 e. The largest absolute Gasteiger partial charge is 0.324 e. The van der Waals surface area contributed by atoms with Crippen LogP contribution in [0.2, 0.25) is 5.15 Å². The summed E-state index contributed by atoms with van der Waals surface area (Å²) in [6.45, 7) is 4.80. The van der Waals surface area contributed by atoms with E-state index >= 15 is 0 Å². The van der Waals surface area contributed by atoms with Gasteiger partial charge in [0.2, 0.25) is 5.91 Å². The number of nitrogens with zero attached hydrogens (tertiary/aromatic N) is 1. The third-order valence-electron chi connectivity index (χ3n) is 3.14. The fourth-order valence-electron chi connectivity index (χ4n) is 2.08. The van der Waals surface area contributed by atoms with Gasteiger partial charge in [0.1, 0.15) is 5.15 Å². The first-order valence-corrected chi connectivity index (χ1v) is 6.12. The van der Waals surface area contributed by atoms with Gasteiger partial charge < -0.3 is 10.6 Å². The van der Waals surface area contributed by atoms with Crippen molar-refractivity contribution in [2.24, 2.45) is 5.92 Å². The van der Waals surface area contributed by atoms with E-state index in [2.05, 4.69) is 15.6 Å². The number of hydrogen-bond acceptors (Lipinski definition) is 3. The zero-order valence-corrected chi connectivity index (χ0v) is 10.7. The van der Waals surface area contributed by atoms with Gasteiger partial charge in [-0.3, -0.25) is 4.79 Å². The topological polar surface area (TPSA) is 54.0 Å². The molecule has 4 nitrogen and oxygen atoms in total. The molecule has 0 aromatic carbocycles. The maximum atomic E-state index is 12.0. The average Bonchev–Trinajstić information content (AvgIpc) is 2.70. The molecule has 1 aromatic heterocycles. The van der Waals surface area contributed by atoms with Crippen molar-refractivity contribution in [3.63, 3.8) is 0 Å². The number of halogens is 1. The zero-order chi connectivity index (χ0) is 12.4. The van der Waals surface area contributed by atoms with Gasteiger partial charge in [-0.2, -0.15) is 0 Å². The van der Waals surface area contributed by atoms with E-state index in [-0.39, 0.29) is 17.9 Å². The molecule has 0 saturated carbocycles. The van der Waals surface area contributed by atoms with Gasteiger partial charge in [0, 0.05) is 6.04 Å². The lowest BCUT2D eigenvalue weighted by Crippen LogP contribution is -2.32. The van der Waals surface area contributed by atoms with Crippen LogP contribution in [0.5, 0.6) is 0 Å². The normalized spacial score (nSPS) is 23.7. The predicted molar refractivity (Wildman–Crippen MR) is 68.2 cm³/mol. The Kier molecular flexibility index (Phi) is 3.64. The molecule has 1 aliphatic rings. The number of pyridine rings is 1. The van der Waals surface area contributed by atoms with Gasteiger partial charge in [-0.1, -0.05) is 11.6 Å². The monoisotopic (exact) mass is 253 g/mol. The van der Waals surface area contributed by atoms with E-state index in [1.807, 2.05) is 19.9 Å². The SMILES string of the molecule is Cc1cc(NC(=O)C2CCNC2C)cnc1Cl. The van der Waals surface area contributed by atoms with Crippen LogP contribution in [0.25, 0.3) is 0 Å². The number of nitrogens with one attached hydrogen (secondary N) is 2. The first kappa shape index (κ1) is 12.3. The second-order valence-electron chi connectivity index (χ2n) is 4.46. The highest BCUT2D eigenvalue weighted by Crippen LogP contribution is 2.20. The molecule has 5 heteroatoms. The summed E-state index contributed by atoms with van der Waals surface area (Å²) in [5, 5.41) is 6.61. The lowest BCUT2D eigenvalue weighted by molar-refractivity contribution is -0.120. The Bertz CT molecular complexity index is 436. The molecule has 1 aliphatic heterocycles. The summed E-state index contributed by atoms with van der Waals surface area (Å²) in [6, 6.07) is 2.07. The Morgan fingerprint density at radius 1 is 1.65 bits per heavy atom. The third-order valence-corrected chi connectivity index (χ3v) is 3.54. The minimum absolute atomic E-state index is 0.0333. The molecule has 0 bridgehead atoms. The number of aromatic nitrogens is 1. The summed E-state index contributed by atoms with van der Waals surface area (Å²) < 4.78 is 0. The summed E-state index contributed by atoms with van der Waals surface area (Å²) in [7, 11) is 0. The van der Waals surface area contributed by atoms with Crippen molar-refractivity contribution in [2.75, 3.05) is 11.9 Å². The second kappa shape index (κ2) is 5.02. The summed E-state index contributed by atoms with van der Waals surface area (Å²) in [6.07, 6.45) is 2.47. The van der Waals surface area contributed by atoms with E-state index in [0.29, 0.717) is 10.8 Å². The van der Waals surface area contributed by atoms with Gasteiger partial charge in [-0.25, -0.2) is 4.98 Å². The maximum absolute atomic E-state index is 12.0. The first-order chi connectivity index (χ1) is 8.08. The summed E-state index contributed by atoms with van der Waals surface area (Å²) in [4.78, 5) is 16.0. The second-order valence-corrected chi connectivity index (χ2v) is 4.82. The molecule has 2 heterocycles. The van der Waals surface area contributed by atoms with E-state index < -0.39 is 0 Å². The zero-order valence-electron chi connectivity index (χ0n) is 9.96. The molecule has 92 valence electrons. The number of carbonyl (C=O) groups excluding carboxylic acids is 1. The van der Waals surface area contributed by atoms with E-state index in [9.17, 15) is 4.79 Å². The van der Waals surface area contributed by atoms with Crippen LogP contribution in [-0.2, 0) is 4.79 Å². The molecular formula is C12H16ClN3O. The number of hydrogen-bond donors (Lipinski definition) is 2. The van der Waals surface area contributed by atoms with Gasteiger partial charge in [0.15, 0.2) is 0 Å². The minimum atomic E-state index is 0.0333. The molecule has 0 radical (unpaired) electrons. The lowest BCUT2D eigenvalue weighted by Gasteiger charge is -2.15. The van der Waals surface area contributed by atoms with Crippen molar-refractivity contribution in [3.05, 3.63) is 23.0 Å². The molecule has 1 amide bonds. The number of anilines is 1. The number of amides is 1. The van der Waals surface area contributed by atoms with Crippen LogP contribution in [-0.4, -0.2) is 23.5 Å². The fraction of sp³-hybridized carbons (Fsp3) is 0.500. The van der Waals surface area contributed by atoms with Gasteiger partial charge in [0.25, 0.3) is 0 Å². The standard InChI is InChI=1S/C12H16ClN3O/c1-7-5-9(6-15-11(7)13)16-12(17)10-3-4-14-8(10)2/h5-6,8,10,14H,3-4H2,1-2H3,(H,16,17). The molecule has 1 saturated heterocycles. The summed E-state index contributed by atoms with van der Waals surface area (Å²) in [5.74, 6) is 0.0806. The van der Waals surface area contributed by atoms with Crippen molar-refractivity contribution < 1.29 is 4.79 Å². The highest BCUT2D eigenvalue weighted by atomic mass is 35.5. The van der Waals surface area contributed by atoms with Crippen LogP contribution in [0, 0.1) is 12.8 Å². The van der Waals surface area contributed by atoms with Crippen molar-refractivity contribution >= 4 is 23.2 Å². The van der Waals surface area contributed by atoms with E-state index in [1.165, 1.54) is 0 Å². The van der Waals surface area contributed by atoms with Crippen LogP contribution in [0.4, 0.5) is 5.69 Å². The van der Waals surface area contributed by atoms with Crippen molar-refractivity contribution in [3.8, 4) is 0 Å². The molecule has 1 aromatic rings. The molecular weight excluding hydrogens is 238 g/mol. The Balaban J connectivity index is 2.05. The molecule has 2 unspecified atom stereocenters. The van der Waals surface area contributed by atoms with Gasteiger partial charge >= 0.3 is 0 Å². The smallest absolute Gasteiger partial charge is 0.229 e. The fourth-order valence-corrected chi connectivity index (χ4v) is 2.18. The Hall–Kier alpha value is -1.13. The van der Waals surface area contributed by atoms with Crippen LogP contribution in [0.3, 0.4) is 0 Å². The third kappa shape index (κ3) is 2.76. The first-order valence-electron chi connectivity index (χ1n) is 5.74. The van der Waals surface area contributed by atoms with E-state index in [1.54, 1.807) is 6.20 Å². The summed E-state index contributed by atoms with van der Waals surface area (Å²) >= 11 is 5.83. The predicted octanol–water partition coefficient (Wildman–Crippen LogP) is 1.98. The van der Waals surface area contributed by atoms with Crippen molar-refractivity contribution in [2.45, 2.75) is 26.3 Å². The van der Waals surface area contributed by atoms with E-state index in [4.69, 9.17) is 11.6 Å². The van der Waals surface area contributed by atoms with E-state index in [0.717, 1.165) is 18.5 Å². The highest BCUT2D eigenvalue weighted by Gasteiger charge is 2.29. The quantitative estimate of drug-likeness (QED) is 0.793. The molecule has 1 fully saturated rings. The van der Waals surface area contributed by atoms with Crippen LogP contribution in [0.15, 0.2) is 12.3 Å². The molecule has 2 N–H and O–H groups in total. The van der Waals surface area contributed by atoms with Crippen molar-refractivity contribution in [1.29, 1.82) is 0 Å². The van der Waals surface area contributed by atoms with Crippen LogP contribution >= 0.6 is 11.6 Å². The molecule has 0 aliphatic carbocycles. The highest BCUT2D eigenvalue weighted by molar-refractivity contribution is 6.30. The minimum Gasteiger partial charge on any atom is -0.324 e. The Morgan fingerprint density at radius 3 is 3.00 bits per heavy atom. The lowest BCUT2D eigenvalue weighted by atomic mass is 10.0. The van der Waals surface area contributed by atoms with Gasteiger partial charge in [-0.05, 0) is 38.4 Å². The van der Waals surface area contributed by atoms with Gasteiger partial charge in [0.05, 0.1) is 17.8 Å². The average molecular weight is 254 g/mol. The van der Waals surface area contributed by atoms with Crippen molar-refractivity contribution in [1.82, 2.24) is 10.3 Å². The van der Waals surface area contributed by atoms with Crippen LogP contribution in [0.1, 0.15) is 18.9 Å². The van der Waals surface area contributed by atoms with Crippen LogP contribution < -0.4 is 10.6 Å². The van der Waals surface area contributed by atoms with Gasteiger partial charge in [-0.15, -0.1) is 0 Å². The molecule has 2 rings (SSSR count). The number of carbonyl (C=O) groups is 1. The summed E-state index contributed by atoms with van der Waals surface area (Å²) in [5.41, 5.74) is 1.57. The Labute approximate surface area is 106 Å². The number of aryl methyl sites for hydroxylation is 1. The molecule has 0 spiro atoms. The molecule has 17 heavy (non-hydrogen) atoms.